The van der Waals surface area contributed by atoms with Crippen molar-refractivity contribution in [3.05, 3.63) is 5.82 Å². The molecule has 1 aliphatic heterocycles. The Morgan fingerprint density at radius 3 is 2.63 bits per heavy atom. The second-order valence-electron chi connectivity index (χ2n) is 4.27. The van der Waals surface area contributed by atoms with Gasteiger partial charge in [0.2, 0.25) is 11.0 Å². The normalized spacial score (nSPS) is 18.6. The largest absolute Gasteiger partial charge is 0.452 e. The Balaban J connectivity index is 2.00. The van der Waals surface area contributed by atoms with Gasteiger partial charge < -0.3 is 9.80 Å². The Kier molecular flexibility index (Phi) is 4.86. The molecule has 0 aromatic carbocycles. The predicted molar refractivity (Wildman–Crippen MR) is 68.9 cm³/mol. The first-order chi connectivity index (χ1) is 9.00. The number of anilines is 1. The van der Waals surface area contributed by atoms with E-state index in [1.54, 1.807) is 0 Å². The van der Waals surface area contributed by atoms with E-state index in [1.165, 1.54) is 0 Å². The Hall–Kier alpha value is -0.600. The Bertz CT molecular complexity index is 412. The van der Waals surface area contributed by atoms with Gasteiger partial charge in [-0.25, -0.2) is 0 Å². The fourth-order valence-corrected chi connectivity index (χ4v) is 2.94. The summed E-state index contributed by atoms with van der Waals surface area (Å²) >= 11 is 6.50. The minimum atomic E-state index is -4.47. The van der Waals surface area contributed by atoms with E-state index >= 15 is 0 Å². The van der Waals surface area contributed by atoms with Gasteiger partial charge in [-0.1, -0.05) is 0 Å². The number of hydrogen-bond acceptors (Lipinski definition) is 5. The highest BCUT2D eigenvalue weighted by atomic mass is 35.5. The molecule has 1 saturated heterocycles. The fraction of sp³-hybridized carbons (Fsp3) is 0.800. The standard InChI is InChI=1S/C10H14ClF3N4S/c11-2-5-17-3-1-4-18(7-6-17)9-15-8(16-19-9)10(12,13)14/h1-7H2. The van der Waals surface area contributed by atoms with Gasteiger partial charge in [-0.15, -0.1) is 11.6 Å². The zero-order valence-corrected chi connectivity index (χ0v) is 11.7. The molecule has 0 N–H and O–H groups in total. The van der Waals surface area contributed by atoms with E-state index in [0.29, 0.717) is 24.1 Å². The second kappa shape index (κ2) is 6.23. The number of alkyl halides is 4. The smallest absolute Gasteiger partial charge is 0.346 e. The van der Waals surface area contributed by atoms with Crippen LogP contribution in [-0.2, 0) is 6.18 Å². The first-order valence-electron chi connectivity index (χ1n) is 5.95. The maximum atomic E-state index is 12.5. The highest BCUT2D eigenvalue weighted by Crippen LogP contribution is 2.30. The molecule has 1 aliphatic rings. The number of hydrogen-bond donors (Lipinski definition) is 0. The number of halogens is 4. The quantitative estimate of drug-likeness (QED) is 0.802. The van der Waals surface area contributed by atoms with Crippen molar-refractivity contribution in [2.45, 2.75) is 12.6 Å². The summed E-state index contributed by atoms with van der Waals surface area (Å²) in [6.07, 6.45) is -3.58. The Morgan fingerprint density at radius 1 is 1.21 bits per heavy atom. The van der Waals surface area contributed by atoms with E-state index in [0.717, 1.165) is 37.6 Å². The van der Waals surface area contributed by atoms with E-state index in [4.69, 9.17) is 11.6 Å². The lowest BCUT2D eigenvalue weighted by Gasteiger charge is -2.20. The minimum absolute atomic E-state index is 0.347. The van der Waals surface area contributed by atoms with Crippen molar-refractivity contribution in [1.82, 2.24) is 14.3 Å². The molecule has 0 atom stereocenters. The third-order valence-electron chi connectivity index (χ3n) is 2.93. The summed E-state index contributed by atoms with van der Waals surface area (Å²) in [5.74, 6) is -0.480. The van der Waals surface area contributed by atoms with Gasteiger partial charge in [0.15, 0.2) is 0 Å². The summed E-state index contributed by atoms with van der Waals surface area (Å²) < 4.78 is 40.7. The third-order valence-corrected chi connectivity index (χ3v) is 3.87. The lowest BCUT2D eigenvalue weighted by Crippen LogP contribution is -2.31. The molecule has 0 unspecified atom stereocenters. The third kappa shape index (κ3) is 3.93. The highest BCUT2D eigenvalue weighted by molar-refractivity contribution is 7.09. The monoisotopic (exact) mass is 314 g/mol. The van der Waals surface area contributed by atoms with Crippen molar-refractivity contribution < 1.29 is 13.2 Å². The van der Waals surface area contributed by atoms with Crippen molar-refractivity contribution >= 4 is 28.3 Å². The van der Waals surface area contributed by atoms with Gasteiger partial charge in [0.25, 0.3) is 0 Å². The molecule has 0 spiro atoms. The Morgan fingerprint density at radius 2 is 2.00 bits per heavy atom. The van der Waals surface area contributed by atoms with E-state index < -0.39 is 12.0 Å². The molecular formula is C10H14ClF3N4S. The summed E-state index contributed by atoms with van der Waals surface area (Å²) in [7, 11) is 0. The van der Waals surface area contributed by atoms with E-state index in [2.05, 4.69) is 14.3 Å². The van der Waals surface area contributed by atoms with Gasteiger partial charge in [0.05, 0.1) is 0 Å². The van der Waals surface area contributed by atoms with Crippen LogP contribution in [0.2, 0.25) is 0 Å². The molecule has 0 amide bonds. The average Bonchev–Trinajstić information content (AvgIpc) is 2.72. The SMILES string of the molecule is FC(F)(F)c1nsc(N2CCCN(CCCl)CC2)n1. The molecule has 9 heteroatoms. The van der Waals surface area contributed by atoms with Crippen LogP contribution in [0.15, 0.2) is 0 Å². The molecule has 0 bridgehead atoms. The molecular weight excluding hydrogens is 301 g/mol. The lowest BCUT2D eigenvalue weighted by molar-refractivity contribution is -0.144. The van der Waals surface area contributed by atoms with Crippen LogP contribution in [0.3, 0.4) is 0 Å². The molecule has 2 rings (SSSR count). The van der Waals surface area contributed by atoms with Gasteiger partial charge in [0, 0.05) is 43.6 Å². The van der Waals surface area contributed by atoms with Crippen molar-refractivity contribution in [2.75, 3.05) is 43.5 Å². The highest BCUT2D eigenvalue weighted by Gasteiger charge is 2.36. The molecule has 1 fully saturated rings. The van der Waals surface area contributed by atoms with Gasteiger partial charge in [-0.3, -0.25) is 0 Å². The van der Waals surface area contributed by atoms with Crippen LogP contribution in [0.25, 0.3) is 0 Å². The fourth-order valence-electron chi connectivity index (χ4n) is 1.96. The van der Waals surface area contributed by atoms with Gasteiger partial charge >= 0.3 is 6.18 Å². The van der Waals surface area contributed by atoms with Crippen LogP contribution in [0.5, 0.6) is 0 Å². The first kappa shape index (κ1) is 14.8. The molecule has 4 nitrogen and oxygen atoms in total. The molecule has 0 radical (unpaired) electrons. The Labute approximate surface area is 118 Å². The maximum Gasteiger partial charge on any atom is 0.452 e. The summed E-state index contributed by atoms with van der Waals surface area (Å²) in [5.41, 5.74) is 0. The van der Waals surface area contributed by atoms with Crippen molar-refractivity contribution in [3.8, 4) is 0 Å². The zero-order chi connectivity index (χ0) is 13.9. The second-order valence-corrected chi connectivity index (χ2v) is 5.38. The minimum Gasteiger partial charge on any atom is -0.346 e. The maximum absolute atomic E-state index is 12.5. The molecule has 0 saturated carbocycles. The van der Waals surface area contributed by atoms with Crippen LogP contribution >= 0.6 is 23.1 Å². The van der Waals surface area contributed by atoms with E-state index in [9.17, 15) is 13.2 Å². The van der Waals surface area contributed by atoms with Crippen molar-refractivity contribution in [2.24, 2.45) is 0 Å². The topological polar surface area (TPSA) is 32.3 Å². The summed E-state index contributed by atoms with van der Waals surface area (Å²) in [6.45, 7) is 3.86. The van der Waals surface area contributed by atoms with Gasteiger partial charge in [-0.2, -0.15) is 22.5 Å². The molecule has 1 aromatic rings. The molecule has 2 heterocycles. The van der Waals surface area contributed by atoms with Crippen LogP contribution in [-0.4, -0.2) is 52.9 Å². The number of nitrogens with zero attached hydrogens (tertiary/aromatic N) is 4. The predicted octanol–water partition coefficient (Wildman–Crippen LogP) is 2.31. The summed E-state index contributed by atoms with van der Waals surface area (Å²) in [5, 5.41) is 0.347. The van der Waals surface area contributed by atoms with Crippen LogP contribution in [0, 0.1) is 0 Å². The lowest BCUT2D eigenvalue weighted by atomic mass is 10.4. The first-order valence-corrected chi connectivity index (χ1v) is 7.25. The van der Waals surface area contributed by atoms with E-state index in [-0.39, 0.29) is 0 Å². The average molecular weight is 315 g/mol. The van der Waals surface area contributed by atoms with Gasteiger partial charge in [-0.05, 0) is 13.0 Å². The van der Waals surface area contributed by atoms with Crippen LogP contribution < -0.4 is 4.90 Å². The molecule has 108 valence electrons. The van der Waals surface area contributed by atoms with E-state index in [1.807, 2.05) is 4.90 Å². The molecule has 0 aliphatic carbocycles. The summed E-state index contributed by atoms with van der Waals surface area (Å²) in [6, 6.07) is 0. The molecule has 19 heavy (non-hydrogen) atoms. The van der Waals surface area contributed by atoms with Crippen LogP contribution in [0.1, 0.15) is 12.2 Å². The molecule has 1 aromatic heterocycles. The van der Waals surface area contributed by atoms with Gasteiger partial charge in [0.1, 0.15) is 0 Å². The summed E-state index contributed by atoms with van der Waals surface area (Å²) in [4.78, 5) is 7.65. The van der Waals surface area contributed by atoms with Crippen LogP contribution in [0.4, 0.5) is 18.3 Å². The zero-order valence-electron chi connectivity index (χ0n) is 10.2. The van der Waals surface area contributed by atoms with Crippen molar-refractivity contribution in [1.29, 1.82) is 0 Å². The van der Waals surface area contributed by atoms with Crippen molar-refractivity contribution in [3.63, 3.8) is 0 Å². The number of rotatable bonds is 3. The number of aromatic nitrogens is 2.